The SMILES string of the molecule is O=C(CCCCC(=O)Nc1ccc(OCC2CCCO2)cc1)Nc1ccc(OCC2CCCO2)cc1. The molecule has 2 fully saturated rings. The minimum absolute atomic E-state index is 0.0676. The van der Waals surface area contributed by atoms with Crippen LogP contribution in [0.15, 0.2) is 48.5 Å². The lowest BCUT2D eigenvalue weighted by Crippen LogP contribution is -2.16. The molecular formula is C28H36N2O6. The summed E-state index contributed by atoms with van der Waals surface area (Å²) in [5.74, 6) is 1.38. The minimum atomic E-state index is -0.0676. The zero-order valence-electron chi connectivity index (χ0n) is 20.7. The summed E-state index contributed by atoms with van der Waals surface area (Å²) in [5, 5.41) is 5.78. The van der Waals surface area contributed by atoms with Gasteiger partial charge in [0.25, 0.3) is 0 Å². The van der Waals surface area contributed by atoms with E-state index in [9.17, 15) is 9.59 Å². The number of unbranched alkanes of at least 4 members (excludes halogenated alkanes) is 1. The van der Waals surface area contributed by atoms with Crippen molar-refractivity contribution in [3.8, 4) is 11.5 Å². The van der Waals surface area contributed by atoms with Gasteiger partial charge in [0.1, 0.15) is 24.7 Å². The first-order valence-corrected chi connectivity index (χ1v) is 12.9. The van der Waals surface area contributed by atoms with Crippen molar-refractivity contribution in [1.29, 1.82) is 0 Å². The van der Waals surface area contributed by atoms with E-state index in [0.29, 0.717) is 38.9 Å². The van der Waals surface area contributed by atoms with Gasteiger partial charge in [-0.15, -0.1) is 0 Å². The average molecular weight is 497 g/mol. The van der Waals surface area contributed by atoms with Gasteiger partial charge in [0.05, 0.1) is 12.2 Å². The zero-order valence-corrected chi connectivity index (χ0v) is 20.7. The Hall–Kier alpha value is -3.10. The summed E-state index contributed by atoms with van der Waals surface area (Å²) >= 11 is 0. The first-order chi connectivity index (χ1) is 17.6. The van der Waals surface area contributed by atoms with Crippen molar-refractivity contribution >= 4 is 23.2 Å². The molecule has 2 N–H and O–H groups in total. The van der Waals surface area contributed by atoms with Crippen LogP contribution >= 0.6 is 0 Å². The fraction of sp³-hybridized carbons (Fsp3) is 0.500. The van der Waals surface area contributed by atoms with E-state index in [2.05, 4.69) is 10.6 Å². The molecule has 194 valence electrons. The third kappa shape index (κ3) is 8.84. The number of hydrogen-bond donors (Lipinski definition) is 2. The highest BCUT2D eigenvalue weighted by atomic mass is 16.5. The highest BCUT2D eigenvalue weighted by Crippen LogP contribution is 2.20. The normalized spacial score (nSPS) is 19.1. The van der Waals surface area contributed by atoms with E-state index in [-0.39, 0.29) is 24.0 Å². The van der Waals surface area contributed by atoms with Crippen molar-refractivity contribution in [1.82, 2.24) is 0 Å². The number of nitrogens with one attached hydrogen (secondary N) is 2. The number of carbonyl (C=O) groups is 2. The molecular weight excluding hydrogens is 460 g/mol. The molecule has 0 aromatic heterocycles. The number of carbonyl (C=O) groups excluding carboxylic acids is 2. The van der Waals surface area contributed by atoms with Gasteiger partial charge in [-0.1, -0.05) is 0 Å². The standard InChI is InChI=1S/C28H36N2O6/c31-27(29-21-9-13-23(14-10-21)35-19-25-5-3-17-33-25)7-1-2-8-28(32)30-22-11-15-24(16-12-22)36-20-26-6-4-18-34-26/h9-16,25-26H,1-8,17-20H2,(H,29,31)(H,30,32). The van der Waals surface area contributed by atoms with Crippen LogP contribution in [0.3, 0.4) is 0 Å². The predicted octanol–water partition coefficient (Wildman–Crippen LogP) is 4.94. The molecule has 0 radical (unpaired) electrons. The van der Waals surface area contributed by atoms with Crippen LogP contribution in [-0.2, 0) is 19.1 Å². The summed E-state index contributed by atoms with van der Waals surface area (Å²) in [6, 6.07) is 14.7. The van der Waals surface area contributed by atoms with E-state index in [0.717, 1.165) is 61.8 Å². The second-order valence-corrected chi connectivity index (χ2v) is 9.24. The van der Waals surface area contributed by atoms with Crippen LogP contribution in [0.1, 0.15) is 51.4 Å². The Morgan fingerprint density at radius 3 is 1.47 bits per heavy atom. The van der Waals surface area contributed by atoms with Crippen LogP contribution in [0.25, 0.3) is 0 Å². The summed E-state index contributed by atoms with van der Waals surface area (Å²) in [6.07, 6.45) is 6.60. The van der Waals surface area contributed by atoms with Gasteiger partial charge < -0.3 is 29.6 Å². The van der Waals surface area contributed by atoms with Gasteiger partial charge in [-0.05, 0) is 87.1 Å². The quantitative estimate of drug-likeness (QED) is 0.382. The maximum Gasteiger partial charge on any atom is 0.224 e. The molecule has 2 aromatic rings. The van der Waals surface area contributed by atoms with Crippen molar-refractivity contribution in [2.45, 2.75) is 63.6 Å². The molecule has 8 nitrogen and oxygen atoms in total. The Labute approximate surface area is 212 Å². The zero-order chi connectivity index (χ0) is 25.0. The summed E-state index contributed by atoms with van der Waals surface area (Å²) in [6.45, 7) is 2.72. The highest BCUT2D eigenvalue weighted by molar-refractivity contribution is 5.91. The molecule has 2 heterocycles. The largest absolute Gasteiger partial charge is 0.491 e. The van der Waals surface area contributed by atoms with Gasteiger partial charge in [-0.25, -0.2) is 0 Å². The molecule has 2 aliphatic rings. The third-order valence-electron chi connectivity index (χ3n) is 6.25. The second-order valence-electron chi connectivity index (χ2n) is 9.24. The number of anilines is 2. The molecule has 2 amide bonds. The van der Waals surface area contributed by atoms with Gasteiger partial charge in [-0.3, -0.25) is 9.59 Å². The van der Waals surface area contributed by atoms with E-state index < -0.39 is 0 Å². The highest BCUT2D eigenvalue weighted by Gasteiger charge is 2.17. The Morgan fingerprint density at radius 1 is 0.694 bits per heavy atom. The first-order valence-electron chi connectivity index (χ1n) is 12.9. The third-order valence-corrected chi connectivity index (χ3v) is 6.25. The summed E-state index contributed by atoms with van der Waals surface area (Å²) < 4.78 is 22.6. The van der Waals surface area contributed by atoms with Gasteiger partial charge in [-0.2, -0.15) is 0 Å². The van der Waals surface area contributed by atoms with Crippen LogP contribution in [0, 0.1) is 0 Å². The summed E-state index contributed by atoms with van der Waals surface area (Å²) in [5.41, 5.74) is 1.45. The van der Waals surface area contributed by atoms with Crippen molar-refractivity contribution in [2.24, 2.45) is 0 Å². The van der Waals surface area contributed by atoms with Gasteiger partial charge in [0.15, 0.2) is 0 Å². The van der Waals surface area contributed by atoms with Crippen molar-refractivity contribution in [2.75, 3.05) is 37.1 Å². The molecule has 2 unspecified atom stereocenters. The van der Waals surface area contributed by atoms with Crippen molar-refractivity contribution < 1.29 is 28.5 Å². The topological polar surface area (TPSA) is 95.1 Å². The van der Waals surface area contributed by atoms with Crippen LogP contribution in [0.2, 0.25) is 0 Å². The first kappa shape index (κ1) is 26.0. The molecule has 0 bridgehead atoms. The van der Waals surface area contributed by atoms with Gasteiger partial charge in [0.2, 0.25) is 11.8 Å². The Morgan fingerprint density at radius 2 is 1.11 bits per heavy atom. The molecule has 2 atom stereocenters. The molecule has 0 aliphatic carbocycles. The predicted molar refractivity (Wildman–Crippen MR) is 138 cm³/mol. The Balaban J connectivity index is 1.06. The lowest BCUT2D eigenvalue weighted by Gasteiger charge is -2.12. The van der Waals surface area contributed by atoms with E-state index in [4.69, 9.17) is 18.9 Å². The Bertz CT molecular complexity index is 872. The van der Waals surface area contributed by atoms with Crippen LogP contribution in [0.4, 0.5) is 11.4 Å². The second kappa shape index (κ2) is 13.8. The average Bonchev–Trinajstić information content (AvgIpc) is 3.60. The maximum atomic E-state index is 12.2. The summed E-state index contributed by atoms with van der Waals surface area (Å²) in [7, 11) is 0. The van der Waals surface area contributed by atoms with Crippen LogP contribution in [-0.4, -0.2) is 50.4 Å². The summed E-state index contributed by atoms with van der Waals surface area (Å²) in [4.78, 5) is 24.4. The molecule has 0 saturated carbocycles. The number of ether oxygens (including phenoxy) is 4. The van der Waals surface area contributed by atoms with E-state index in [1.165, 1.54) is 0 Å². The minimum Gasteiger partial charge on any atom is -0.491 e. The lowest BCUT2D eigenvalue weighted by atomic mass is 10.1. The molecule has 2 saturated heterocycles. The monoisotopic (exact) mass is 496 g/mol. The van der Waals surface area contributed by atoms with E-state index in [1.807, 2.05) is 48.5 Å². The molecule has 8 heteroatoms. The van der Waals surface area contributed by atoms with Gasteiger partial charge >= 0.3 is 0 Å². The van der Waals surface area contributed by atoms with Gasteiger partial charge in [0, 0.05) is 37.4 Å². The van der Waals surface area contributed by atoms with Crippen LogP contribution < -0.4 is 20.1 Å². The van der Waals surface area contributed by atoms with E-state index in [1.54, 1.807) is 0 Å². The number of rotatable bonds is 13. The molecule has 2 aromatic carbocycles. The van der Waals surface area contributed by atoms with Crippen molar-refractivity contribution in [3.63, 3.8) is 0 Å². The van der Waals surface area contributed by atoms with Crippen LogP contribution in [0.5, 0.6) is 11.5 Å². The molecule has 2 aliphatic heterocycles. The number of benzene rings is 2. The maximum absolute atomic E-state index is 12.2. The lowest BCUT2D eigenvalue weighted by molar-refractivity contribution is -0.118. The Kier molecular flexibility index (Phi) is 9.99. The van der Waals surface area contributed by atoms with E-state index >= 15 is 0 Å². The number of hydrogen-bond acceptors (Lipinski definition) is 6. The smallest absolute Gasteiger partial charge is 0.224 e. The molecule has 4 rings (SSSR count). The fourth-order valence-electron chi connectivity index (χ4n) is 4.22. The number of amides is 2. The fourth-order valence-corrected chi connectivity index (χ4v) is 4.22. The van der Waals surface area contributed by atoms with Crippen molar-refractivity contribution in [3.05, 3.63) is 48.5 Å². The molecule has 36 heavy (non-hydrogen) atoms. The molecule has 0 spiro atoms.